The summed E-state index contributed by atoms with van der Waals surface area (Å²) in [6.07, 6.45) is 0.817. The van der Waals surface area contributed by atoms with Gasteiger partial charge in [-0.25, -0.2) is 14.7 Å². The number of aromatic nitrogens is 5. The Balaban J connectivity index is 2.15. The molecule has 0 amide bonds. The van der Waals surface area contributed by atoms with Gasteiger partial charge in [0.15, 0.2) is 9.50 Å². The molecule has 1 N–H and O–H groups in total. The summed E-state index contributed by atoms with van der Waals surface area (Å²) in [7, 11) is 0. The number of hydrogen-bond donors (Lipinski definition) is 1. The minimum absolute atomic E-state index is 0.189. The maximum Gasteiger partial charge on any atom is 0.369 e. The highest BCUT2D eigenvalue weighted by atomic mass is 32.2. The molecule has 0 unspecified atom stereocenters. The third kappa shape index (κ3) is 3.25. The zero-order valence-corrected chi connectivity index (χ0v) is 12.6. The van der Waals surface area contributed by atoms with Gasteiger partial charge >= 0.3 is 11.7 Å². The Morgan fingerprint density at radius 3 is 2.95 bits per heavy atom. The minimum Gasteiger partial charge on any atom is -0.461 e. The normalized spacial score (nSPS) is 10.7. The fourth-order valence-electron chi connectivity index (χ4n) is 1.41. The second-order valence-electron chi connectivity index (χ2n) is 3.66. The largest absolute Gasteiger partial charge is 0.461 e. The third-order valence-corrected chi connectivity index (χ3v) is 4.15. The molecule has 20 heavy (non-hydrogen) atoms. The number of ether oxygens (including phenoxy) is 1. The van der Waals surface area contributed by atoms with Crippen molar-refractivity contribution in [3.63, 3.8) is 0 Å². The molecule has 0 aliphatic rings. The van der Waals surface area contributed by atoms with E-state index in [1.54, 1.807) is 6.92 Å². The summed E-state index contributed by atoms with van der Waals surface area (Å²) in [6, 6.07) is 0. The van der Waals surface area contributed by atoms with Crippen LogP contribution in [-0.4, -0.2) is 37.5 Å². The molecule has 2 aromatic heterocycles. The monoisotopic (exact) mass is 315 g/mol. The number of rotatable bonds is 6. The molecule has 0 saturated carbocycles. The van der Waals surface area contributed by atoms with E-state index >= 15 is 0 Å². The predicted octanol–water partition coefficient (Wildman–Crippen LogP) is 1.16. The lowest BCUT2D eigenvalue weighted by molar-refractivity contribution is 0.0525. The van der Waals surface area contributed by atoms with Gasteiger partial charge in [0.2, 0.25) is 5.01 Å². The average Bonchev–Trinajstić information content (AvgIpc) is 3.01. The highest BCUT2D eigenvalue weighted by Gasteiger charge is 2.17. The van der Waals surface area contributed by atoms with Crippen LogP contribution in [-0.2, 0) is 11.3 Å². The maximum atomic E-state index is 11.5. The van der Waals surface area contributed by atoms with Crippen LogP contribution in [0.3, 0.4) is 0 Å². The van der Waals surface area contributed by atoms with Crippen molar-refractivity contribution in [2.75, 3.05) is 6.61 Å². The fraction of sp³-hybridized carbons (Fsp3) is 0.500. The molecule has 0 aliphatic carbocycles. The quantitative estimate of drug-likeness (QED) is 0.798. The van der Waals surface area contributed by atoms with Crippen molar-refractivity contribution in [2.45, 2.75) is 36.3 Å². The Morgan fingerprint density at radius 1 is 1.45 bits per heavy atom. The van der Waals surface area contributed by atoms with Crippen LogP contribution in [0.25, 0.3) is 0 Å². The topological polar surface area (TPSA) is 103 Å². The standard InChI is InChI=1S/C10H13N5O3S2/c1-3-5-15-8(17)12-13-9(15)20-10-14-11-6(19-10)7(16)18-4-2/h3-5H2,1-2H3,(H,12,17). The van der Waals surface area contributed by atoms with E-state index in [-0.39, 0.29) is 17.3 Å². The summed E-state index contributed by atoms with van der Waals surface area (Å²) in [5.41, 5.74) is -0.260. The summed E-state index contributed by atoms with van der Waals surface area (Å²) in [5, 5.41) is 14.7. The zero-order chi connectivity index (χ0) is 14.5. The van der Waals surface area contributed by atoms with Gasteiger partial charge in [0.1, 0.15) is 0 Å². The number of H-pyrrole nitrogens is 1. The maximum absolute atomic E-state index is 11.5. The van der Waals surface area contributed by atoms with Gasteiger partial charge in [-0.3, -0.25) is 4.57 Å². The third-order valence-electron chi connectivity index (χ3n) is 2.21. The lowest BCUT2D eigenvalue weighted by atomic mass is 10.5. The molecule has 0 fully saturated rings. The molecule has 0 bridgehead atoms. The molecule has 8 nitrogen and oxygen atoms in total. The molecule has 2 rings (SSSR count). The number of carbonyl (C=O) groups excluding carboxylic acids is 1. The highest BCUT2D eigenvalue weighted by molar-refractivity contribution is 8.00. The number of nitrogens with zero attached hydrogens (tertiary/aromatic N) is 4. The van der Waals surface area contributed by atoms with Gasteiger partial charge in [-0.1, -0.05) is 18.3 Å². The van der Waals surface area contributed by atoms with E-state index in [2.05, 4.69) is 20.4 Å². The van der Waals surface area contributed by atoms with Crippen molar-refractivity contribution >= 4 is 29.1 Å². The molecule has 0 saturated heterocycles. The second-order valence-corrected chi connectivity index (χ2v) is 5.85. The van der Waals surface area contributed by atoms with Gasteiger partial charge in [0.05, 0.1) is 6.61 Å². The molecule has 0 aromatic carbocycles. The Hall–Kier alpha value is -1.68. The number of hydrogen-bond acceptors (Lipinski definition) is 8. The van der Waals surface area contributed by atoms with Gasteiger partial charge < -0.3 is 4.74 Å². The van der Waals surface area contributed by atoms with Crippen LogP contribution in [0.5, 0.6) is 0 Å². The minimum atomic E-state index is -0.496. The van der Waals surface area contributed by atoms with Crippen molar-refractivity contribution < 1.29 is 9.53 Å². The van der Waals surface area contributed by atoms with Gasteiger partial charge in [-0.15, -0.1) is 15.3 Å². The number of esters is 1. The molecular formula is C10H13N5O3S2. The van der Waals surface area contributed by atoms with Crippen LogP contribution in [0, 0.1) is 0 Å². The van der Waals surface area contributed by atoms with E-state index in [4.69, 9.17) is 4.74 Å². The Labute approximate surface area is 122 Å². The summed E-state index contributed by atoms with van der Waals surface area (Å²) in [5.74, 6) is -0.496. The fourth-order valence-corrected chi connectivity index (χ4v) is 3.12. The number of carbonyl (C=O) groups is 1. The van der Waals surface area contributed by atoms with E-state index in [9.17, 15) is 9.59 Å². The van der Waals surface area contributed by atoms with Crippen LogP contribution >= 0.6 is 23.1 Å². The molecule has 2 heterocycles. The Morgan fingerprint density at radius 2 is 2.25 bits per heavy atom. The summed E-state index contributed by atoms with van der Waals surface area (Å²) < 4.78 is 6.90. The van der Waals surface area contributed by atoms with E-state index in [0.29, 0.717) is 16.0 Å². The van der Waals surface area contributed by atoms with Crippen LogP contribution in [0.1, 0.15) is 30.1 Å². The van der Waals surface area contributed by atoms with Crippen molar-refractivity contribution in [3.8, 4) is 0 Å². The first-order valence-electron chi connectivity index (χ1n) is 5.99. The van der Waals surface area contributed by atoms with E-state index in [0.717, 1.165) is 17.8 Å². The smallest absolute Gasteiger partial charge is 0.369 e. The summed E-state index contributed by atoms with van der Waals surface area (Å²) in [6.45, 7) is 4.55. The van der Waals surface area contributed by atoms with E-state index in [1.807, 2.05) is 6.92 Å². The first kappa shape index (κ1) is 14.7. The number of aromatic amines is 1. The van der Waals surface area contributed by atoms with Crippen LogP contribution in [0.4, 0.5) is 0 Å². The molecular weight excluding hydrogens is 302 g/mol. The van der Waals surface area contributed by atoms with E-state index in [1.165, 1.54) is 16.3 Å². The molecule has 0 atom stereocenters. The Kier molecular flexibility index (Phi) is 4.90. The first-order chi connectivity index (χ1) is 9.65. The molecule has 0 spiro atoms. The average molecular weight is 315 g/mol. The molecule has 108 valence electrons. The van der Waals surface area contributed by atoms with Crippen molar-refractivity contribution in [1.29, 1.82) is 0 Å². The Bertz CT molecular complexity index is 647. The summed E-state index contributed by atoms with van der Waals surface area (Å²) in [4.78, 5) is 23.0. The predicted molar refractivity (Wildman–Crippen MR) is 73.1 cm³/mol. The molecule has 10 heteroatoms. The molecule has 0 aliphatic heterocycles. The first-order valence-corrected chi connectivity index (χ1v) is 7.62. The van der Waals surface area contributed by atoms with E-state index < -0.39 is 5.97 Å². The second kappa shape index (κ2) is 6.66. The van der Waals surface area contributed by atoms with Crippen LogP contribution in [0.2, 0.25) is 0 Å². The zero-order valence-electron chi connectivity index (χ0n) is 11.0. The highest BCUT2D eigenvalue weighted by Crippen LogP contribution is 2.28. The van der Waals surface area contributed by atoms with Gasteiger partial charge in [0, 0.05) is 6.54 Å². The molecule has 0 radical (unpaired) electrons. The van der Waals surface area contributed by atoms with Gasteiger partial charge in [-0.05, 0) is 25.1 Å². The van der Waals surface area contributed by atoms with Crippen molar-refractivity contribution in [1.82, 2.24) is 25.0 Å². The molecule has 2 aromatic rings. The number of nitrogens with one attached hydrogen (secondary N) is 1. The van der Waals surface area contributed by atoms with Crippen LogP contribution in [0.15, 0.2) is 14.3 Å². The SMILES string of the molecule is CCCn1c(Sc2nnc(C(=O)OCC)s2)n[nH]c1=O. The lowest BCUT2D eigenvalue weighted by Crippen LogP contribution is -2.17. The van der Waals surface area contributed by atoms with Crippen molar-refractivity contribution in [3.05, 3.63) is 15.5 Å². The summed E-state index contributed by atoms with van der Waals surface area (Å²) >= 11 is 2.30. The van der Waals surface area contributed by atoms with Gasteiger partial charge in [0.25, 0.3) is 0 Å². The van der Waals surface area contributed by atoms with Crippen molar-refractivity contribution in [2.24, 2.45) is 0 Å². The lowest BCUT2D eigenvalue weighted by Gasteiger charge is -2.00. The van der Waals surface area contributed by atoms with Crippen LogP contribution < -0.4 is 5.69 Å². The van der Waals surface area contributed by atoms with Gasteiger partial charge in [-0.2, -0.15) is 0 Å².